The van der Waals surface area contributed by atoms with Crippen molar-refractivity contribution >= 4 is 35.0 Å². The van der Waals surface area contributed by atoms with E-state index in [4.69, 9.17) is 15.2 Å². The molecular weight excluding hydrogens is 502 g/mol. The van der Waals surface area contributed by atoms with Crippen LogP contribution in [0.5, 0.6) is 17.4 Å². The van der Waals surface area contributed by atoms with Gasteiger partial charge in [-0.1, -0.05) is 35.6 Å². The molecule has 0 saturated carbocycles. The summed E-state index contributed by atoms with van der Waals surface area (Å²) in [7, 11) is 1.28. The topological polar surface area (TPSA) is 144 Å². The lowest BCUT2D eigenvalue weighted by Crippen LogP contribution is -2.49. The zero-order chi connectivity index (χ0) is 26.1. The molecule has 0 saturated heterocycles. The molecule has 0 aliphatic rings. The standard InChI is InChI=1S/C25H29N3O6S2/c1-33-24(31)20(27-22(29)19(26)11-12-35-2)13-15-3-7-17(8-4-15)34-18-9-5-16(6-10-18)14-21-23(30)28-25(32)36-21/h3-10,19-20,30H,11-14,26H2,1-2H3,(H,27,29)(H,28,32). The average molecular weight is 532 g/mol. The van der Waals surface area contributed by atoms with Gasteiger partial charge in [-0.2, -0.15) is 11.8 Å². The second-order valence-corrected chi connectivity index (χ2v) is 10.1. The smallest absolute Gasteiger partial charge is 0.328 e. The van der Waals surface area contributed by atoms with Crippen LogP contribution in [-0.4, -0.2) is 53.2 Å². The quantitative estimate of drug-likeness (QED) is 0.261. The molecule has 0 radical (unpaired) electrons. The van der Waals surface area contributed by atoms with E-state index in [0.29, 0.717) is 29.2 Å². The van der Waals surface area contributed by atoms with Gasteiger partial charge in [0.2, 0.25) is 11.8 Å². The number of ether oxygens (including phenoxy) is 2. The number of carbonyl (C=O) groups is 2. The molecule has 2 atom stereocenters. The maximum atomic E-state index is 12.4. The first-order chi connectivity index (χ1) is 17.3. The molecule has 2 aromatic carbocycles. The van der Waals surface area contributed by atoms with Gasteiger partial charge in [-0.3, -0.25) is 14.6 Å². The van der Waals surface area contributed by atoms with Crippen molar-refractivity contribution in [3.8, 4) is 17.4 Å². The fraction of sp³-hybridized carbons (Fsp3) is 0.320. The average Bonchev–Trinajstić information content (AvgIpc) is 3.19. The molecule has 192 valence electrons. The Bertz CT molecular complexity index is 1210. The van der Waals surface area contributed by atoms with Crippen molar-refractivity contribution in [1.82, 2.24) is 10.3 Å². The van der Waals surface area contributed by atoms with Gasteiger partial charge in [0, 0.05) is 12.8 Å². The van der Waals surface area contributed by atoms with Gasteiger partial charge in [0.05, 0.1) is 18.0 Å². The van der Waals surface area contributed by atoms with Crippen LogP contribution in [0.2, 0.25) is 0 Å². The first kappa shape index (κ1) is 27.3. The maximum Gasteiger partial charge on any atom is 0.328 e. The van der Waals surface area contributed by atoms with E-state index in [1.54, 1.807) is 36.0 Å². The number of nitrogens with one attached hydrogen (secondary N) is 2. The van der Waals surface area contributed by atoms with E-state index >= 15 is 0 Å². The number of rotatable bonds is 12. The number of thiazole rings is 1. The minimum absolute atomic E-state index is 0.0992. The predicted octanol–water partition coefficient (Wildman–Crippen LogP) is 2.81. The van der Waals surface area contributed by atoms with E-state index in [-0.39, 0.29) is 23.1 Å². The van der Waals surface area contributed by atoms with Crippen LogP contribution in [0, 0.1) is 0 Å². The number of H-pyrrole nitrogens is 1. The number of esters is 1. The van der Waals surface area contributed by atoms with Crippen LogP contribution in [0.25, 0.3) is 0 Å². The first-order valence-electron chi connectivity index (χ1n) is 11.2. The molecular formula is C25H29N3O6S2. The second-order valence-electron chi connectivity index (χ2n) is 8.03. The van der Waals surface area contributed by atoms with Crippen LogP contribution in [-0.2, 0) is 27.2 Å². The number of hydrogen-bond donors (Lipinski definition) is 4. The Hall–Kier alpha value is -3.28. The minimum Gasteiger partial charge on any atom is -0.494 e. The van der Waals surface area contributed by atoms with E-state index in [2.05, 4.69) is 10.3 Å². The molecule has 3 aromatic rings. The summed E-state index contributed by atoms with van der Waals surface area (Å²) in [5, 5.41) is 12.4. The number of benzene rings is 2. The third kappa shape index (κ3) is 7.87. The number of amides is 1. The summed E-state index contributed by atoms with van der Waals surface area (Å²) < 4.78 is 10.7. The fourth-order valence-electron chi connectivity index (χ4n) is 3.39. The fourth-order valence-corrected chi connectivity index (χ4v) is 4.64. The summed E-state index contributed by atoms with van der Waals surface area (Å²) in [6.45, 7) is 0. The van der Waals surface area contributed by atoms with E-state index in [9.17, 15) is 19.5 Å². The Kier molecular flexibility index (Phi) is 9.97. The molecule has 1 aromatic heterocycles. The van der Waals surface area contributed by atoms with Crippen LogP contribution in [0.1, 0.15) is 22.4 Å². The lowest BCUT2D eigenvalue weighted by Gasteiger charge is -2.19. The lowest BCUT2D eigenvalue weighted by atomic mass is 10.0. The molecule has 2 unspecified atom stereocenters. The highest BCUT2D eigenvalue weighted by atomic mass is 32.2. The number of methoxy groups -OCH3 is 1. The van der Waals surface area contributed by atoms with Crippen molar-refractivity contribution in [2.45, 2.75) is 31.3 Å². The van der Waals surface area contributed by atoms with Gasteiger partial charge < -0.3 is 25.6 Å². The normalized spacial score (nSPS) is 12.5. The van der Waals surface area contributed by atoms with Crippen molar-refractivity contribution in [1.29, 1.82) is 0 Å². The van der Waals surface area contributed by atoms with E-state index in [1.807, 2.05) is 30.5 Å². The highest BCUT2D eigenvalue weighted by Gasteiger charge is 2.24. The predicted molar refractivity (Wildman–Crippen MR) is 141 cm³/mol. The molecule has 0 aliphatic heterocycles. The van der Waals surface area contributed by atoms with Crippen molar-refractivity contribution < 1.29 is 24.2 Å². The number of aromatic nitrogens is 1. The molecule has 0 bridgehead atoms. The molecule has 0 fully saturated rings. The Morgan fingerprint density at radius 2 is 1.72 bits per heavy atom. The zero-order valence-corrected chi connectivity index (χ0v) is 21.6. The Balaban J connectivity index is 1.59. The van der Waals surface area contributed by atoms with Crippen molar-refractivity contribution in [2.75, 3.05) is 19.1 Å². The summed E-state index contributed by atoms with van der Waals surface area (Å²) in [6, 6.07) is 13.0. The molecule has 0 aliphatic carbocycles. The number of carbonyl (C=O) groups excluding carboxylic acids is 2. The van der Waals surface area contributed by atoms with Gasteiger partial charge >= 0.3 is 10.8 Å². The first-order valence-corrected chi connectivity index (χ1v) is 13.4. The van der Waals surface area contributed by atoms with Crippen molar-refractivity contribution in [2.24, 2.45) is 5.73 Å². The van der Waals surface area contributed by atoms with Crippen LogP contribution in [0.3, 0.4) is 0 Å². The van der Waals surface area contributed by atoms with E-state index < -0.39 is 18.1 Å². The van der Waals surface area contributed by atoms with Gasteiger partial charge in [-0.15, -0.1) is 0 Å². The summed E-state index contributed by atoms with van der Waals surface area (Å²) in [4.78, 5) is 38.6. The molecule has 1 amide bonds. The van der Waals surface area contributed by atoms with E-state index in [1.165, 1.54) is 7.11 Å². The van der Waals surface area contributed by atoms with Crippen LogP contribution >= 0.6 is 23.1 Å². The lowest BCUT2D eigenvalue weighted by molar-refractivity contribution is -0.145. The van der Waals surface area contributed by atoms with Gasteiger partial charge in [0.1, 0.15) is 17.5 Å². The van der Waals surface area contributed by atoms with Gasteiger partial charge in [0.15, 0.2) is 0 Å². The number of aromatic amines is 1. The molecule has 1 heterocycles. The molecule has 3 rings (SSSR count). The van der Waals surface area contributed by atoms with Gasteiger partial charge in [-0.25, -0.2) is 4.79 Å². The third-order valence-corrected chi connectivity index (χ3v) is 6.87. The van der Waals surface area contributed by atoms with Crippen LogP contribution in [0.4, 0.5) is 0 Å². The Morgan fingerprint density at radius 3 is 2.25 bits per heavy atom. The minimum atomic E-state index is -0.847. The highest BCUT2D eigenvalue weighted by Crippen LogP contribution is 2.25. The number of hydrogen-bond acceptors (Lipinski definition) is 9. The molecule has 11 heteroatoms. The third-order valence-electron chi connectivity index (χ3n) is 5.36. The number of aromatic hydroxyl groups is 1. The number of nitrogens with two attached hydrogens (primary N) is 1. The monoisotopic (exact) mass is 531 g/mol. The summed E-state index contributed by atoms with van der Waals surface area (Å²) in [5.41, 5.74) is 7.66. The maximum absolute atomic E-state index is 12.4. The number of thioether (sulfide) groups is 1. The zero-order valence-electron chi connectivity index (χ0n) is 20.0. The molecule has 0 spiro atoms. The highest BCUT2D eigenvalue weighted by molar-refractivity contribution is 7.98. The van der Waals surface area contributed by atoms with E-state index in [0.717, 1.165) is 28.2 Å². The summed E-state index contributed by atoms with van der Waals surface area (Å²) >= 11 is 2.58. The largest absolute Gasteiger partial charge is 0.494 e. The van der Waals surface area contributed by atoms with Crippen LogP contribution in [0.15, 0.2) is 53.3 Å². The molecule has 5 N–H and O–H groups in total. The summed E-state index contributed by atoms with van der Waals surface area (Å²) in [5.74, 6) is 0.950. The molecule has 9 nitrogen and oxygen atoms in total. The van der Waals surface area contributed by atoms with Crippen molar-refractivity contribution in [3.63, 3.8) is 0 Å². The second kappa shape index (κ2) is 13.1. The SMILES string of the molecule is COC(=O)C(Cc1ccc(Oc2ccc(Cc3sc(=O)[nH]c3O)cc2)cc1)NC(=O)C(N)CCSC. The van der Waals surface area contributed by atoms with Gasteiger partial charge in [-0.05, 0) is 53.8 Å². The summed E-state index contributed by atoms with van der Waals surface area (Å²) in [6.07, 6.45) is 3.14. The Labute approximate surface area is 217 Å². The van der Waals surface area contributed by atoms with Crippen molar-refractivity contribution in [3.05, 3.63) is 74.2 Å². The Morgan fingerprint density at radius 1 is 1.11 bits per heavy atom. The van der Waals surface area contributed by atoms with Gasteiger partial charge in [0.25, 0.3) is 0 Å². The van der Waals surface area contributed by atoms with Crippen LogP contribution < -0.4 is 20.7 Å². The molecule has 36 heavy (non-hydrogen) atoms.